The van der Waals surface area contributed by atoms with Gasteiger partial charge in [0.15, 0.2) is 0 Å². The van der Waals surface area contributed by atoms with E-state index in [1.165, 1.54) is 6.42 Å². The van der Waals surface area contributed by atoms with Gasteiger partial charge in [0.05, 0.1) is 5.69 Å². The molecular weight excluding hydrogens is 188 g/mol. The monoisotopic (exact) mass is 206 g/mol. The highest BCUT2D eigenvalue weighted by atomic mass is 15.2. The number of nitrogens with one attached hydrogen (secondary N) is 1. The maximum atomic E-state index is 4.11. The van der Waals surface area contributed by atoms with Crippen LogP contribution in [0.15, 0.2) is 18.3 Å². The van der Waals surface area contributed by atoms with Gasteiger partial charge in [0, 0.05) is 38.4 Å². The maximum Gasteiger partial charge on any atom is 0.0771 e. The maximum absolute atomic E-state index is 4.11. The Bertz CT molecular complexity index is 288. The molecule has 0 radical (unpaired) electrons. The van der Waals surface area contributed by atoms with Crippen molar-refractivity contribution < 1.29 is 0 Å². The molecule has 0 saturated carbocycles. The van der Waals surface area contributed by atoms with Crippen LogP contribution in [0.1, 0.15) is 19.0 Å². The van der Waals surface area contributed by atoms with Crippen molar-refractivity contribution in [1.82, 2.24) is 20.4 Å². The van der Waals surface area contributed by atoms with Crippen molar-refractivity contribution in [2.45, 2.75) is 25.9 Å². The van der Waals surface area contributed by atoms with Crippen molar-refractivity contribution in [2.75, 3.05) is 19.6 Å². The Morgan fingerprint density at radius 3 is 3.27 bits per heavy atom. The Labute approximate surface area is 90.7 Å². The van der Waals surface area contributed by atoms with Gasteiger partial charge < -0.3 is 5.32 Å². The normalized spacial score (nSPS) is 22.9. The third kappa shape index (κ3) is 2.97. The van der Waals surface area contributed by atoms with Gasteiger partial charge in [0.1, 0.15) is 0 Å². The molecule has 1 unspecified atom stereocenters. The third-order valence-electron chi connectivity index (χ3n) is 2.85. The first kappa shape index (κ1) is 10.5. The minimum absolute atomic E-state index is 0.635. The molecule has 1 aliphatic rings. The number of nitrogens with zero attached hydrogens (tertiary/aromatic N) is 3. The van der Waals surface area contributed by atoms with E-state index >= 15 is 0 Å². The van der Waals surface area contributed by atoms with Gasteiger partial charge in [-0.3, -0.25) is 4.90 Å². The molecule has 0 amide bonds. The van der Waals surface area contributed by atoms with E-state index in [0.717, 1.165) is 31.9 Å². The summed E-state index contributed by atoms with van der Waals surface area (Å²) in [6.07, 6.45) is 2.91. The van der Waals surface area contributed by atoms with Crippen molar-refractivity contribution in [3.8, 4) is 0 Å². The molecule has 0 aromatic carbocycles. The Morgan fingerprint density at radius 1 is 1.60 bits per heavy atom. The number of hydrogen-bond donors (Lipinski definition) is 1. The van der Waals surface area contributed by atoms with Gasteiger partial charge in [-0.2, -0.15) is 10.2 Å². The van der Waals surface area contributed by atoms with E-state index < -0.39 is 0 Å². The minimum Gasteiger partial charge on any atom is -0.311 e. The molecule has 82 valence electrons. The molecule has 15 heavy (non-hydrogen) atoms. The molecule has 1 aromatic rings. The van der Waals surface area contributed by atoms with Gasteiger partial charge in [-0.15, -0.1) is 0 Å². The van der Waals surface area contributed by atoms with Crippen LogP contribution in [-0.2, 0) is 6.54 Å². The van der Waals surface area contributed by atoms with E-state index in [4.69, 9.17) is 0 Å². The lowest BCUT2D eigenvalue weighted by Gasteiger charge is -2.32. The molecule has 2 heterocycles. The second-order valence-corrected chi connectivity index (χ2v) is 4.01. The fraction of sp³-hybridized carbons (Fsp3) is 0.636. The Hall–Kier alpha value is -1.00. The molecule has 4 nitrogen and oxygen atoms in total. The van der Waals surface area contributed by atoms with E-state index in [0.29, 0.717) is 6.04 Å². The molecule has 1 fully saturated rings. The predicted octanol–water partition coefficient (Wildman–Crippen LogP) is 0.660. The van der Waals surface area contributed by atoms with E-state index in [-0.39, 0.29) is 0 Å². The zero-order valence-electron chi connectivity index (χ0n) is 9.19. The second-order valence-electron chi connectivity index (χ2n) is 4.01. The quantitative estimate of drug-likeness (QED) is 0.789. The SMILES string of the molecule is CCC1CN(Cc2cccnn2)CCN1. The van der Waals surface area contributed by atoms with E-state index in [1.807, 2.05) is 12.1 Å². The summed E-state index contributed by atoms with van der Waals surface area (Å²) in [6.45, 7) is 6.45. The molecule has 4 heteroatoms. The lowest BCUT2D eigenvalue weighted by molar-refractivity contribution is 0.187. The van der Waals surface area contributed by atoms with Crippen LogP contribution in [0.2, 0.25) is 0 Å². The van der Waals surface area contributed by atoms with Crippen LogP contribution in [0.4, 0.5) is 0 Å². The fourth-order valence-electron chi connectivity index (χ4n) is 1.96. The van der Waals surface area contributed by atoms with Gasteiger partial charge in [0.25, 0.3) is 0 Å². The van der Waals surface area contributed by atoms with Crippen molar-refractivity contribution >= 4 is 0 Å². The number of aromatic nitrogens is 2. The summed E-state index contributed by atoms with van der Waals surface area (Å²) < 4.78 is 0. The van der Waals surface area contributed by atoms with Gasteiger partial charge in [-0.25, -0.2) is 0 Å². The number of hydrogen-bond acceptors (Lipinski definition) is 4. The summed E-state index contributed by atoms with van der Waals surface area (Å²) in [5.74, 6) is 0. The van der Waals surface area contributed by atoms with Crippen molar-refractivity contribution in [2.24, 2.45) is 0 Å². The highest BCUT2D eigenvalue weighted by molar-refractivity contribution is 4.99. The molecule has 1 aliphatic heterocycles. The Morgan fingerprint density at radius 2 is 2.53 bits per heavy atom. The molecule has 1 saturated heterocycles. The first-order valence-corrected chi connectivity index (χ1v) is 5.61. The summed E-state index contributed by atoms with van der Waals surface area (Å²) in [5.41, 5.74) is 1.06. The molecule has 0 spiro atoms. The average molecular weight is 206 g/mol. The van der Waals surface area contributed by atoms with Gasteiger partial charge >= 0.3 is 0 Å². The first-order chi connectivity index (χ1) is 7.38. The van der Waals surface area contributed by atoms with Crippen LogP contribution in [0.5, 0.6) is 0 Å². The number of piperazine rings is 1. The van der Waals surface area contributed by atoms with Crippen molar-refractivity contribution in [3.05, 3.63) is 24.0 Å². The lowest BCUT2D eigenvalue weighted by atomic mass is 10.1. The molecule has 1 atom stereocenters. The van der Waals surface area contributed by atoms with E-state index in [1.54, 1.807) is 6.20 Å². The smallest absolute Gasteiger partial charge is 0.0771 e. The lowest BCUT2D eigenvalue weighted by Crippen LogP contribution is -2.49. The van der Waals surface area contributed by atoms with Crippen molar-refractivity contribution in [1.29, 1.82) is 0 Å². The highest BCUT2D eigenvalue weighted by Gasteiger charge is 2.17. The summed E-state index contributed by atoms with van der Waals surface area (Å²) in [5, 5.41) is 11.5. The second kappa shape index (κ2) is 5.19. The Kier molecular flexibility index (Phi) is 3.64. The first-order valence-electron chi connectivity index (χ1n) is 5.61. The fourth-order valence-corrected chi connectivity index (χ4v) is 1.96. The number of rotatable bonds is 3. The third-order valence-corrected chi connectivity index (χ3v) is 2.85. The van der Waals surface area contributed by atoms with Crippen LogP contribution in [0, 0.1) is 0 Å². The van der Waals surface area contributed by atoms with Crippen LogP contribution in [0.25, 0.3) is 0 Å². The standard InChI is InChI=1S/C11H18N4/c1-2-10-8-15(7-6-12-10)9-11-4-3-5-13-14-11/h3-5,10,12H,2,6-9H2,1H3. The van der Waals surface area contributed by atoms with Gasteiger partial charge in [-0.05, 0) is 18.6 Å². The average Bonchev–Trinajstić information content (AvgIpc) is 2.31. The van der Waals surface area contributed by atoms with E-state index in [9.17, 15) is 0 Å². The van der Waals surface area contributed by atoms with Crippen LogP contribution in [-0.4, -0.2) is 40.8 Å². The zero-order chi connectivity index (χ0) is 10.5. The van der Waals surface area contributed by atoms with Crippen molar-refractivity contribution in [3.63, 3.8) is 0 Å². The summed E-state index contributed by atoms with van der Waals surface area (Å²) in [4.78, 5) is 2.44. The van der Waals surface area contributed by atoms with Gasteiger partial charge in [0.2, 0.25) is 0 Å². The highest BCUT2D eigenvalue weighted by Crippen LogP contribution is 2.06. The van der Waals surface area contributed by atoms with E-state index in [2.05, 4.69) is 27.3 Å². The predicted molar refractivity (Wildman–Crippen MR) is 59.4 cm³/mol. The summed E-state index contributed by atoms with van der Waals surface area (Å²) in [6, 6.07) is 4.62. The molecule has 1 aromatic heterocycles. The topological polar surface area (TPSA) is 41.1 Å². The molecule has 0 aliphatic carbocycles. The molecular formula is C11H18N4. The summed E-state index contributed by atoms with van der Waals surface area (Å²) in [7, 11) is 0. The van der Waals surface area contributed by atoms with Crippen LogP contribution in [0.3, 0.4) is 0 Å². The van der Waals surface area contributed by atoms with Gasteiger partial charge in [-0.1, -0.05) is 6.92 Å². The molecule has 1 N–H and O–H groups in total. The van der Waals surface area contributed by atoms with Crippen LogP contribution >= 0.6 is 0 Å². The minimum atomic E-state index is 0.635. The molecule has 0 bridgehead atoms. The van der Waals surface area contributed by atoms with Crippen LogP contribution < -0.4 is 5.32 Å². The molecule has 2 rings (SSSR count). The Balaban J connectivity index is 1.89. The summed E-state index contributed by atoms with van der Waals surface area (Å²) >= 11 is 0. The zero-order valence-corrected chi connectivity index (χ0v) is 9.19. The largest absolute Gasteiger partial charge is 0.311 e.